The summed E-state index contributed by atoms with van der Waals surface area (Å²) in [5, 5.41) is 0.332. The zero-order valence-electron chi connectivity index (χ0n) is 14.8. The van der Waals surface area contributed by atoms with Crippen molar-refractivity contribution in [1.29, 1.82) is 0 Å². The molecule has 1 amide bonds. The number of thiazole rings is 1. The third kappa shape index (κ3) is 2.90. The van der Waals surface area contributed by atoms with E-state index in [0.29, 0.717) is 21.5 Å². The van der Waals surface area contributed by atoms with Crippen molar-refractivity contribution in [3.63, 3.8) is 0 Å². The molecule has 0 aliphatic carbocycles. The summed E-state index contributed by atoms with van der Waals surface area (Å²) in [4.78, 5) is 29.9. The molecule has 0 radical (unpaired) electrons. The number of amides is 1. The van der Waals surface area contributed by atoms with Crippen LogP contribution in [0, 0.1) is 12.3 Å². The second kappa shape index (κ2) is 7.18. The highest BCUT2D eigenvalue weighted by Crippen LogP contribution is 2.27. The molecule has 7 heteroatoms. The standard InChI is InChI=1S/C21H14N2O4S/c1-3-11-23-18-16(26-2)9-6-10-17(18)28-21(23)22-20(25)14-12-27-15-8-5-4-7-13(15)19(14)24/h1,4-10,12H,11H2,2H3. The van der Waals surface area contributed by atoms with E-state index in [1.807, 2.05) is 18.2 Å². The molecule has 0 atom stereocenters. The second-order valence-corrected chi connectivity index (χ2v) is 6.88. The fourth-order valence-corrected chi connectivity index (χ4v) is 4.00. The molecule has 4 aromatic rings. The molecule has 0 N–H and O–H groups in total. The Morgan fingerprint density at radius 1 is 1.29 bits per heavy atom. The molecule has 4 rings (SSSR count). The van der Waals surface area contributed by atoms with Crippen LogP contribution in [0.2, 0.25) is 0 Å². The van der Waals surface area contributed by atoms with Crippen molar-refractivity contribution >= 4 is 38.4 Å². The van der Waals surface area contributed by atoms with Gasteiger partial charge in [0.25, 0.3) is 5.91 Å². The van der Waals surface area contributed by atoms with Gasteiger partial charge in [-0.1, -0.05) is 35.5 Å². The van der Waals surface area contributed by atoms with Gasteiger partial charge in [0.05, 0.1) is 23.7 Å². The van der Waals surface area contributed by atoms with E-state index in [1.165, 1.54) is 11.3 Å². The van der Waals surface area contributed by atoms with Crippen LogP contribution in [-0.2, 0) is 6.54 Å². The summed E-state index contributed by atoms with van der Waals surface area (Å²) in [5.74, 6) is 2.51. The lowest BCUT2D eigenvalue weighted by Crippen LogP contribution is -2.20. The van der Waals surface area contributed by atoms with Gasteiger partial charge >= 0.3 is 0 Å². The molecule has 0 aliphatic rings. The number of ether oxygens (including phenoxy) is 1. The van der Waals surface area contributed by atoms with Crippen molar-refractivity contribution in [3.05, 3.63) is 69.3 Å². The maximum Gasteiger partial charge on any atom is 0.286 e. The van der Waals surface area contributed by atoms with Crippen molar-refractivity contribution < 1.29 is 13.9 Å². The van der Waals surface area contributed by atoms with Crippen molar-refractivity contribution in [1.82, 2.24) is 4.57 Å². The number of hydrogen-bond acceptors (Lipinski definition) is 5. The number of methoxy groups -OCH3 is 1. The average Bonchev–Trinajstić information content (AvgIpc) is 3.06. The van der Waals surface area contributed by atoms with Crippen LogP contribution in [0.5, 0.6) is 5.75 Å². The first-order valence-electron chi connectivity index (χ1n) is 8.33. The van der Waals surface area contributed by atoms with E-state index >= 15 is 0 Å². The first-order valence-corrected chi connectivity index (χ1v) is 9.15. The van der Waals surface area contributed by atoms with E-state index in [1.54, 1.807) is 35.9 Å². The summed E-state index contributed by atoms with van der Waals surface area (Å²) in [7, 11) is 1.56. The summed E-state index contributed by atoms with van der Waals surface area (Å²) >= 11 is 1.29. The van der Waals surface area contributed by atoms with Gasteiger partial charge in [0.1, 0.15) is 28.7 Å². The molecule has 6 nitrogen and oxygen atoms in total. The van der Waals surface area contributed by atoms with Gasteiger partial charge in [-0.25, -0.2) is 0 Å². The summed E-state index contributed by atoms with van der Waals surface area (Å²) in [6, 6.07) is 12.3. The van der Waals surface area contributed by atoms with Gasteiger partial charge in [0, 0.05) is 0 Å². The Morgan fingerprint density at radius 2 is 2.11 bits per heavy atom. The molecular formula is C21H14N2O4S. The fraction of sp³-hybridized carbons (Fsp3) is 0.0952. The van der Waals surface area contributed by atoms with Crippen molar-refractivity contribution in [2.45, 2.75) is 6.54 Å². The van der Waals surface area contributed by atoms with Gasteiger partial charge in [0.15, 0.2) is 4.80 Å². The van der Waals surface area contributed by atoms with Crippen LogP contribution >= 0.6 is 11.3 Å². The van der Waals surface area contributed by atoms with Crippen LogP contribution < -0.4 is 15.0 Å². The number of nitrogens with zero attached hydrogens (tertiary/aromatic N) is 2. The van der Waals surface area contributed by atoms with Crippen LogP contribution in [0.15, 0.2) is 62.9 Å². The predicted molar refractivity (Wildman–Crippen MR) is 108 cm³/mol. The van der Waals surface area contributed by atoms with Gasteiger partial charge in [-0.05, 0) is 24.3 Å². The number of rotatable bonds is 3. The van der Waals surface area contributed by atoms with Gasteiger partial charge < -0.3 is 13.7 Å². The van der Waals surface area contributed by atoms with E-state index in [2.05, 4.69) is 10.9 Å². The monoisotopic (exact) mass is 390 g/mol. The Kier molecular flexibility index (Phi) is 4.55. The highest BCUT2D eigenvalue weighted by Gasteiger charge is 2.16. The number of carbonyl (C=O) groups excluding carboxylic acids is 1. The molecular weight excluding hydrogens is 376 g/mol. The van der Waals surface area contributed by atoms with Crippen molar-refractivity contribution in [2.24, 2.45) is 4.99 Å². The maximum absolute atomic E-state index is 12.8. The Balaban J connectivity index is 1.92. The third-order valence-corrected chi connectivity index (χ3v) is 5.28. The molecule has 0 aliphatic heterocycles. The highest BCUT2D eigenvalue weighted by atomic mass is 32.1. The lowest BCUT2D eigenvalue weighted by Gasteiger charge is -2.05. The minimum Gasteiger partial charge on any atom is -0.495 e. The molecule has 138 valence electrons. The largest absolute Gasteiger partial charge is 0.495 e. The highest BCUT2D eigenvalue weighted by molar-refractivity contribution is 7.16. The number of fused-ring (bicyclic) bond motifs is 2. The smallest absolute Gasteiger partial charge is 0.286 e. The Hall–Kier alpha value is -3.63. The number of hydrogen-bond donors (Lipinski definition) is 0. The van der Waals surface area contributed by atoms with Gasteiger partial charge in [-0.3, -0.25) is 9.59 Å². The number of benzene rings is 2. The van der Waals surface area contributed by atoms with Crippen LogP contribution in [0.4, 0.5) is 0 Å². The van der Waals surface area contributed by atoms with Crippen molar-refractivity contribution in [2.75, 3.05) is 7.11 Å². The molecule has 2 aromatic carbocycles. The Morgan fingerprint density at radius 3 is 2.89 bits per heavy atom. The van der Waals surface area contributed by atoms with E-state index < -0.39 is 11.3 Å². The first-order chi connectivity index (χ1) is 13.6. The van der Waals surface area contributed by atoms with E-state index in [4.69, 9.17) is 15.6 Å². The quantitative estimate of drug-likeness (QED) is 0.504. The molecule has 28 heavy (non-hydrogen) atoms. The number of carbonyl (C=O) groups is 1. The first kappa shape index (κ1) is 17.8. The number of terminal acetylenes is 1. The van der Waals surface area contributed by atoms with Crippen molar-refractivity contribution in [3.8, 4) is 18.1 Å². The minimum atomic E-state index is -0.684. The molecule has 0 saturated carbocycles. The SMILES string of the molecule is C#CCn1c(=NC(=O)c2coc3ccccc3c2=O)sc2cccc(OC)c21. The van der Waals surface area contributed by atoms with Gasteiger partial charge in [0.2, 0.25) is 5.43 Å². The maximum atomic E-state index is 12.8. The van der Waals surface area contributed by atoms with Crippen LogP contribution in [0.25, 0.3) is 21.2 Å². The lowest BCUT2D eigenvalue weighted by molar-refractivity contribution is 0.0995. The molecule has 0 bridgehead atoms. The fourth-order valence-electron chi connectivity index (χ4n) is 2.96. The zero-order chi connectivity index (χ0) is 19.7. The van der Waals surface area contributed by atoms with Crippen LogP contribution in [-0.4, -0.2) is 17.6 Å². The molecule has 0 spiro atoms. The van der Waals surface area contributed by atoms with Crippen LogP contribution in [0.3, 0.4) is 0 Å². The third-order valence-electron chi connectivity index (χ3n) is 4.24. The summed E-state index contributed by atoms with van der Waals surface area (Å²) in [6.07, 6.45) is 6.65. The molecule has 0 fully saturated rings. The zero-order valence-corrected chi connectivity index (χ0v) is 15.7. The average molecular weight is 390 g/mol. The molecule has 2 heterocycles. The number of aromatic nitrogens is 1. The molecule has 0 unspecified atom stereocenters. The Labute approximate surface area is 163 Å². The van der Waals surface area contributed by atoms with E-state index in [9.17, 15) is 9.59 Å². The Bertz CT molecular complexity index is 1390. The molecule has 2 aromatic heterocycles. The second-order valence-electron chi connectivity index (χ2n) is 5.87. The normalized spacial score (nSPS) is 11.6. The minimum absolute atomic E-state index is 0.129. The predicted octanol–water partition coefficient (Wildman–Crippen LogP) is 3.19. The van der Waals surface area contributed by atoms with E-state index in [-0.39, 0.29) is 12.1 Å². The van der Waals surface area contributed by atoms with E-state index in [0.717, 1.165) is 16.5 Å². The summed E-state index contributed by atoms with van der Waals surface area (Å²) in [6.45, 7) is 0.207. The van der Waals surface area contributed by atoms with Gasteiger partial charge in [-0.15, -0.1) is 6.42 Å². The van der Waals surface area contributed by atoms with Gasteiger partial charge in [-0.2, -0.15) is 4.99 Å². The topological polar surface area (TPSA) is 73.8 Å². The van der Waals surface area contributed by atoms with Crippen LogP contribution in [0.1, 0.15) is 10.4 Å². The molecule has 0 saturated heterocycles. The summed E-state index contributed by atoms with van der Waals surface area (Å²) < 4.78 is 13.4. The summed E-state index contributed by atoms with van der Waals surface area (Å²) in [5.41, 5.74) is 0.622. The lowest BCUT2D eigenvalue weighted by atomic mass is 10.2. The number of para-hydroxylation sites is 2.